The van der Waals surface area contributed by atoms with Gasteiger partial charge >= 0.3 is 0 Å². The minimum Gasteiger partial charge on any atom is -0.481 e. The van der Waals surface area contributed by atoms with Gasteiger partial charge in [0.1, 0.15) is 5.75 Å². The molecule has 0 unspecified atom stereocenters. The van der Waals surface area contributed by atoms with Crippen molar-refractivity contribution in [2.45, 2.75) is 26.4 Å². The molecule has 0 aliphatic carbocycles. The average Bonchev–Trinajstić information content (AvgIpc) is 2.61. The molecule has 0 bridgehead atoms. The fourth-order valence-corrected chi connectivity index (χ4v) is 2.98. The van der Waals surface area contributed by atoms with Gasteiger partial charge in [-0.2, -0.15) is 0 Å². The van der Waals surface area contributed by atoms with Crippen LogP contribution in [0.2, 0.25) is 5.02 Å². The van der Waals surface area contributed by atoms with Gasteiger partial charge in [0.05, 0.1) is 11.9 Å². The molecule has 2 rings (SSSR count). The summed E-state index contributed by atoms with van der Waals surface area (Å²) in [6.07, 6.45) is 0.894. The maximum atomic E-state index is 12.6. The number of carbonyl (C=O) groups is 1. The number of aryl methyl sites for hydroxylation is 1. The summed E-state index contributed by atoms with van der Waals surface area (Å²) in [7, 11) is -1.93. The van der Waals surface area contributed by atoms with E-state index in [9.17, 15) is 13.2 Å². The fourth-order valence-electron chi connectivity index (χ4n) is 2.37. The minimum absolute atomic E-state index is 0.315. The lowest BCUT2D eigenvalue weighted by molar-refractivity contribution is -0.122. The monoisotopic (exact) mass is 410 g/mol. The van der Waals surface area contributed by atoms with E-state index in [4.69, 9.17) is 16.3 Å². The molecule has 2 aromatic carbocycles. The summed E-state index contributed by atoms with van der Waals surface area (Å²) in [5.41, 5.74) is 1.81. The second-order valence-electron chi connectivity index (χ2n) is 6.20. The minimum atomic E-state index is -3.39. The van der Waals surface area contributed by atoms with E-state index >= 15 is 0 Å². The first-order chi connectivity index (χ1) is 12.6. The smallest absolute Gasteiger partial charge is 0.265 e. The lowest BCUT2D eigenvalue weighted by Gasteiger charge is -2.20. The lowest BCUT2D eigenvalue weighted by Crippen LogP contribution is -2.32. The van der Waals surface area contributed by atoms with E-state index < -0.39 is 16.1 Å². The van der Waals surface area contributed by atoms with Gasteiger partial charge in [0.25, 0.3) is 5.91 Å². The fraction of sp³-hybridized carbons (Fsp3) is 0.316. The van der Waals surface area contributed by atoms with Gasteiger partial charge in [0.15, 0.2) is 6.10 Å². The number of hydrogen-bond donors (Lipinski definition) is 1. The van der Waals surface area contributed by atoms with Crippen molar-refractivity contribution in [3.63, 3.8) is 0 Å². The maximum Gasteiger partial charge on any atom is 0.265 e. The molecule has 0 aliphatic heterocycles. The molecule has 1 N–H and O–H groups in total. The molecule has 6 nitrogen and oxygen atoms in total. The zero-order valence-electron chi connectivity index (χ0n) is 15.7. The maximum absolute atomic E-state index is 12.6. The van der Waals surface area contributed by atoms with E-state index in [-0.39, 0.29) is 5.91 Å². The van der Waals surface area contributed by atoms with Crippen LogP contribution in [0.4, 0.5) is 11.4 Å². The van der Waals surface area contributed by atoms with Crippen LogP contribution >= 0.6 is 11.6 Å². The molecular formula is C19H23ClN2O4S. The predicted octanol–water partition coefficient (Wildman–Crippen LogP) is 3.84. The quantitative estimate of drug-likeness (QED) is 0.752. The number of hydrogen-bond acceptors (Lipinski definition) is 4. The van der Waals surface area contributed by atoms with Crippen LogP contribution in [0.15, 0.2) is 42.5 Å². The van der Waals surface area contributed by atoms with Gasteiger partial charge in [-0.1, -0.05) is 24.6 Å². The third-order valence-corrected chi connectivity index (χ3v) is 5.68. The molecular weight excluding hydrogens is 388 g/mol. The van der Waals surface area contributed by atoms with Crippen LogP contribution in [-0.2, 0) is 14.8 Å². The highest BCUT2D eigenvalue weighted by Gasteiger charge is 2.20. The highest BCUT2D eigenvalue weighted by atomic mass is 35.5. The molecule has 0 saturated heterocycles. The van der Waals surface area contributed by atoms with Crippen LogP contribution in [0, 0.1) is 6.92 Å². The first-order valence-electron chi connectivity index (χ1n) is 8.39. The molecule has 0 spiro atoms. The number of anilines is 2. The predicted molar refractivity (Wildman–Crippen MR) is 109 cm³/mol. The first-order valence-corrected chi connectivity index (χ1v) is 10.6. The summed E-state index contributed by atoms with van der Waals surface area (Å²) < 4.78 is 30.3. The van der Waals surface area contributed by atoms with Crippen LogP contribution in [0.3, 0.4) is 0 Å². The summed E-state index contributed by atoms with van der Waals surface area (Å²) in [6.45, 7) is 3.71. The van der Waals surface area contributed by atoms with E-state index in [1.807, 2.05) is 13.8 Å². The molecule has 0 aromatic heterocycles. The van der Waals surface area contributed by atoms with E-state index in [1.165, 1.54) is 7.05 Å². The third-order valence-electron chi connectivity index (χ3n) is 4.05. The Morgan fingerprint density at radius 3 is 2.56 bits per heavy atom. The second kappa shape index (κ2) is 8.63. The molecule has 1 amide bonds. The number of nitrogens with one attached hydrogen (secondary N) is 1. The van der Waals surface area contributed by atoms with Crippen molar-refractivity contribution < 1.29 is 17.9 Å². The number of benzene rings is 2. The molecule has 0 aliphatic rings. The van der Waals surface area contributed by atoms with Crippen molar-refractivity contribution in [2.75, 3.05) is 22.9 Å². The zero-order valence-corrected chi connectivity index (χ0v) is 17.3. The number of ether oxygens (including phenoxy) is 1. The standard InChI is InChI=1S/C19H23ClN2O4S/c1-5-18(26-16-9-10-17(20)13(2)11-16)19(23)21-14-7-6-8-15(12-14)22(3)27(4,24)25/h6-12,18H,5H2,1-4H3,(H,21,23)/t18-/m1/s1. The summed E-state index contributed by atoms with van der Waals surface area (Å²) in [5.74, 6) is 0.244. The van der Waals surface area contributed by atoms with Crippen molar-refractivity contribution in [1.82, 2.24) is 0 Å². The Labute approximate surface area is 165 Å². The summed E-state index contributed by atoms with van der Waals surface area (Å²) in [6, 6.07) is 11.8. The van der Waals surface area contributed by atoms with E-state index in [1.54, 1.807) is 42.5 Å². The zero-order chi connectivity index (χ0) is 20.2. The number of sulfonamides is 1. The molecule has 2 aromatic rings. The topological polar surface area (TPSA) is 75.7 Å². The van der Waals surface area contributed by atoms with Gasteiger partial charge in [-0.05, 0) is 55.3 Å². The van der Waals surface area contributed by atoms with Gasteiger partial charge in [0.2, 0.25) is 10.0 Å². The molecule has 146 valence electrons. The lowest BCUT2D eigenvalue weighted by atomic mass is 10.2. The number of rotatable bonds is 7. The van der Waals surface area contributed by atoms with E-state index in [0.717, 1.165) is 16.1 Å². The number of nitrogens with zero attached hydrogens (tertiary/aromatic N) is 1. The van der Waals surface area contributed by atoms with Gasteiger partial charge in [-0.3, -0.25) is 9.10 Å². The second-order valence-corrected chi connectivity index (χ2v) is 8.62. The van der Waals surface area contributed by atoms with Gasteiger partial charge in [0, 0.05) is 17.8 Å². The van der Waals surface area contributed by atoms with Crippen molar-refractivity contribution in [1.29, 1.82) is 0 Å². The van der Waals surface area contributed by atoms with Crippen LogP contribution in [0.25, 0.3) is 0 Å². The third kappa shape index (κ3) is 5.61. The summed E-state index contributed by atoms with van der Waals surface area (Å²) in [5, 5.41) is 3.41. The Balaban J connectivity index is 2.13. The summed E-state index contributed by atoms with van der Waals surface area (Å²) in [4.78, 5) is 12.6. The SMILES string of the molecule is CC[C@@H](Oc1ccc(Cl)c(C)c1)C(=O)Nc1cccc(N(C)S(C)(=O)=O)c1. The van der Waals surface area contributed by atoms with Crippen molar-refractivity contribution in [2.24, 2.45) is 0 Å². The normalized spacial score (nSPS) is 12.3. The van der Waals surface area contributed by atoms with Crippen molar-refractivity contribution in [3.05, 3.63) is 53.1 Å². The molecule has 0 saturated carbocycles. The average molecular weight is 411 g/mol. The number of amides is 1. The van der Waals surface area contributed by atoms with Gasteiger partial charge in [-0.25, -0.2) is 8.42 Å². The van der Waals surface area contributed by atoms with Crippen LogP contribution in [0.1, 0.15) is 18.9 Å². The highest BCUT2D eigenvalue weighted by Crippen LogP contribution is 2.24. The molecule has 0 heterocycles. The van der Waals surface area contributed by atoms with E-state index in [2.05, 4.69) is 5.32 Å². The van der Waals surface area contributed by atoms with Gasteiger partial charge in [-0.15, -0.1) is 0 Å². The molecule has 27 heavy (non-hydrogen) atoms. The molecule has 1 atom stereocenters. The largest absolute Gasteiger partial charge is 0.481 e. The van der Waals surface area contributed by atoms with Crippen LogP contribution in [-0.4, -0.2) is 33.7 Å². The molecule has 8 heteroatoms. The Morgan fingerprint density at radius 2 is 1.96 bits per heavy atom. The highest BCUT2D eigenvalue weighted by molar-refractivity contribution is 7.92. The Kier molecular flexibility index (Phi) is 6.73. The van der Waals surface area contributed by atoms with Crippen molar-refractivity contribution >= 4 is 38.9 Å². The summed E-state index contributed by atoms with van der Waals surface area (Å²) >= 11 is 6.01. The first kappa shape index (κ1) is 21.1. The molecule has 0 radical (unpaired) electrons. The molecule has 0 fully saturated rings. The van der Waals surface area contributed by atoms with E-state index in [0.29, 0.717) is 28.6 Å². The Hall–Kier alpha value is -2.25. The van der Waals surface area contributed by atoms with Crippen molar-refractivity contribution in [3.8, 4) is 5.75 Å². The van der Waals surface area contributed by atoms with Crippen LogP contribution in [0.5, 0.6) is 5.75 Å². The number of carbonyl (C=O) groups excluding carboxylic acids is 1. The Bertz CT molecular complexity index is 931. The number of halogens is 1. The van der Waals surface area contributed by atoms with Crippen LogP contribution < -0.4 is 14.4 Å². The van der Waals surface area contributed by atoms with Gasteiger partial charge < -0.3 is 10.1 Å². The Morgan fingerprint density at radius 1 is 1.26 bits per heavy atom.